The Balaban J connectivity index is 1.93. The van der Waals surface area contributed by atoms with Gasteiger partial charge in [0.1, 0.15) is 0 Å². The van der Waals surface area contributed by atoms with Crippen LogP contribution in [-0.2, 0) is 0 Å². The smallest absolute Gasteiger partial charge is 0.207 e. The summed E-state index contributed by atoms with van der Waals surface area (Å²) in [7, 11) is 0. The molecule has 0 bridgehead atoms. The van der Waals surface area contributed by atoms with Crippen LogP contribution in [0.25, 0.3) is 0 Å². The van der Waals surface area contributed by atoms with Gasteiger partial charge in [0.05, 0.1) is 0 Å². The van der Waals surface area contributed by atoms with Gasteiger partial charge in [-0.2, -0.15) is 0 Å². The van der Waals surface area contributed by atoms with Crippen LogP contribution >= 0.6 is 0 Å². The molecule has 0 aliphatic heterocycles. The summed E-state index contributed by atoms with van der Waals surface area (Å²) < 4.78 is 26.0. The highest BCUT2D eigenvalue weighted by molar-refractivity contribution is 4.91. The van der Waals surface area contributed by atoms with Crippen LogP contribution in [-0.4, -0.2) is 5.92 Å². The van der Waals surface area contributed by atoms with Gasteiger partial charge in [-0.1, -0.05) is 19.8 Å². The van der Waals surface area contributed by atoms with Gasteiger partial charge in [-0.15, -0.1) is 0 Å². The highest BCUT2D eigenvalue weighted by Gasteiger charge is 2.44. The molecule has 0 atom stereocenters. The predicted octanol–water partition coefficient (Wildman–Crippen LogP) is 4.39. The Morgan fingerprint density at radius 1 is 0.857 bits per heavy atom. The van der Waals surface area contributed by atoms with Gasteiger partial charge in [0.15, 0.2) is 0 Å². The average molecular weight is 202 g/mol. The van der Waals surface area contributed by atoms with Gasteiger partial charge < -0.3 is 0 Å². The lowest BCUT2D eigenvalue weighted by Gasteiger charge is -2.44. The maximum Gasteiger partial charge on any atom is 0.248 e. The summed E-state index contributed by atoms with van der Waals surface area (Å²) in [6.07, 6.45) is 6.73. The molecular formula is C12H20F2. The molecule has 2 saturated carbocycles. The van der Waals surface area contributed by atoms with Gasteiger partial charge in [0, 0.05) is 12.8 Å². The lowest BCUT2D eigenvalue weighted by Crippen LogP contribution is -2.35. The van der Waals surface area contributed by atoms with E-state index in [0.717, 1.165) is 18.8 Å². The van der Waals surface area contributed by atoms with E-state index in [0.29, 0.717) is 5.41 Å². The lowest BCUT2D eigenvalue weighted by molar-refractivity contribution is -0.0772. The Kier molecular flexibility index (Phi) is 2.57. The first-order valence-electron chi connectivity index (χ1n) is 5.89. The van der Waals surface area contributed by atoms with Crippen LogP contribution in [0, 0.1) is 11.3 Å². The summed E-state index contributed by atoms with van der Waals surface area (Å²) >= 11 is 0. The SMILES string of the molecule is CC1CCC2(CC1)CCC(F)(F)CC2. The fourth-order valence-corrected chi connectivity index (χ4v) is 3.02. The minimum Gasteiger partial charge on any atom is -0.207 e. The number of hydrogen-bond donors (Lipinski definition) is 0. The molecule has 2 rings (SSSR count). The van der Waals surface area contributed by atoms with Crippen molar-refractivity contribution in [3.8, 4) is 0 Å². The van der Waals surface area contributed by atoms with E-state index in [1.54, 1.807) is 0 Å². The normalized spacial score (nSPS) is 31.9. The van der Waals surface area contributed by atoms with E-state index in [1.165, 1.54) is 25.7 Å². The van der Waals surface area contributed by atoms with Crippen molar-refractivity contribution in [2.24, 2.45) is 11.3 Å². The molecule has 14 heavy (non-hydrogen) atoms. The molecule has 0 aromatic rings. The third kappa shape index (κ3) is 2.09. The Bertz CT molecular complexity index is 190. The first kappa shape index (κ1) is 10.4. The molecule has 82 valence electrons. The molecule has 0 aromatic carbocycles. The van der Waals surface area contributed by atoms with Crippen molar-refractivity contribution < 1.29 is 8.78 Å². The minimum atomic E-state index is -2.35. The summed E-state index contributed by atoms with van der Waals surface area (Å²) in [5, 5.41) is 0. The zero-order chi connectivity index (χ0) is 10.2. The van der Waals surface area contributed by atoms with Crippen molar-refractivity contribution in [1.29, 1.82) is 0 Å². The monoisotopic (exact) mass is 202 g/mol. The van der Waals surface area contributed by atoms with Gasteiger partial charge >= 0.3 is 0 Å². The minimum absolute atomic E-state index is 0.140. The molecule has 2 aliphatic carbocycles. The fraction of sp³-hybridized carbons (Fsp3) is 1.00. The number of alkyl halides is 2. The molecule has 0 N–H and O–H groups in total. The van der Waals surface area contributed by atoms with E-state index in [-0.39, 0.29) is 12.8 Å². The van der Waals surface area contributed by atoms with Crippen molar-refractivity contribution in [2.75, 3.05) is 0 Å². The molecule has 2 heteroatoms. The van der Waals surface area contributed by atoms with E-state index in [9.17, 15) is 8.78 Å². The van der Waals surface area contributed by atoms with Gasteiger partial charge in [-0.25, -0.2) is 8.78 Å². The quantitative estimate of drug-likeness (QED) is 0.546. The third-order valence-corrected chi connectivity index (χ3v) is 4.38. The predicted molar refractivity (Wildman–Crippen MR) is 53.5 cm³/mol. The summed E-state index contributed by atoms with van der Waals surface area (Å²) in [5.74, 6) is -1.53. The molecule has 0 aromatic heterocycles. The maximum absolute atomic E-state index is 13.0. The van der Waals surface area contributed by atoms with Gasteiger partial charge in [-0.05, 0) is 37.0 Å². The number of halogens is 2. The first-order valence-corrected chi connectivity index (χ1v) is 5.89. The maximum atomic E-state index is 13.0. The highest BCUT2D eigenvalue weighted by atomic mass is 19.3. The Morgan fingerprint density at radius 3 is 1.86 bits per heavy atom. The standard InChI is InChI=1S/C12H20F2/c1-10-2-4-11(5-3-10)6-8-12(13,14)9-7-11/h10H,2-9H2,1H3. The largest absolute Gasteiger partial charge is 0.248 e. The molecule has 2 fully saturated rings. The van der Waals surface area contributed by atoms with Crippen molar-refractivity contribution in [3.63, 3.8) is 0 Å². The van der Waals surface area contributed by atoms with Crippen LogP contribution in [0.3, 0.4) is 0 Å². The summed E-state index contributed by atoms with van der Waals surface area (Å²) in [4.78, 5) is 0. The fourth-order valence-electron chi connectivity index (χ4n) is 3.02. The van der Waals surface area contributed by atoms with E-state index in [1.807, 2.05) is 0 Å². The van der Waals surface area contributed by atoms with E-state index < -0.39 is 5.92 Å². The Morgan fingerprint density at radius 2 is 1.36 bits per heavy atom. The van der Waals surface area contributed by atoms with Crippen LogP contribution in [0.2, 0.25) is 0 Å². The second kappa shape index (κ2) is 3.46. The topological polar surface area (TPSA) is 0 Å². The van der Waals surface area contributed by atoms with Crippen molar-refractivity contribution in [2.45, 2.75) is 64.2 Å². The molecule has 0 saturated heterocycles. The average Bonchev–Trinajstić information content (AvgIpc) is 2.16. The van der Waals surface area contributed by atoms with E-state index in [2.05, 4.69) is 6.92 Å². The van der Waals surface area contributed by atoms with Crippen LogP contribution < -0.4 is 0 Å². The number of rotatable bonds is 0. The lowest BCUT2D eigenvalue weighted by atomic mass is 9.63. The second-order valence-corrected chi connectivity index (χ2v) is 5.54. The van der Waals surface area contributed by atoms with E-state index in [4.69, 9.17) is 0 Å². The molecule has 1 spiro atoms. The molecule has 0 heterocycles. The Labute approximate surface area is 85.1 Å². The van der Waals surface area contributed by atoms with Gasteiger partial charge in [-0.3, -0.25) is 0 Å². The molecule has 0 nitrogen and oxygen atoms in total. The first-order chi connectivity index (χ1) is 6.52. The zero-order valence-electron chi connectivity index (χ0n) is 8.99. The van der Waals surface area contributed by atoms with Gasteiger partial charge in [0.25, 0.3) is 0 Å². The van der Waals surface area contributed by atoms with Crippen LogP contribution in [0.1, 0.15) is 58.3 Å². The highest BCUT2D eigenvalue weighted by Crippen LogP contribution is 2.52. The third-order valence-electron chi connectivity index (χ3n) is 4.38. The van der Waals surface area contributed by atoms with Crippen molar-refractivity contribution in [1.82, 2.24) is 0 Å². The summed E-state index contributed by atoms with van der Waals surface area (Å²) in [6.45, 7) is 2.28. The van der Waals surface area contributed by atoms with Crippen molar-refractivity contribution >= 4 is 0 Å². The summed E-state index contributed by atoms with van der Waals surface area (Å²) in [5.41, 5.74) is 0.314. The van der Waals surface area contributed by atoms with Crippen molar-refractivity contribution in [3.05, 3.63) is 0 Å². The molecule has 0 amide bonds. The zero-order valence-corrected chi connectivity index (χ0v) is 8.99. The molecule has 0 unspecified atom stereocenters. The number of hydrogen-bond acceptors (Lipinski definition) is 0. The second-order valence-electron chi connectivity index (χ2n) is 5.54. The van der Waals surface area contributed by atoms with Crippen LogP contribution in [0.5, 0.6) is 0 Å². The van der Waals surface area contributed by atoms with Crippen LogP contribution in [0.15, 0.2) is 0 Å². The van der Waals surface area contributed by atoms with Crippen LogP contribution in [0.4, 0.5) is 8.78 Å². The Hall–Kier alpha value is -0.140. The molecular weight excluding hydrogens is 182 g/mol. The van der Waals surface area contributed by atoms with Gasteiger partial charge in [0.2, 0.25) is 5.92 Å². The molecule has 0 radical (unpaired) electrons. The molecule has 2 aliphatic rings. The van der Waals surface area contributed by atoms with E-state index >= 15 is 0 Å². The summed E-state index contributed by atoms with van der Waals surface area (Å²) in [6, 6.07) is 0.